The van der Waals surface area contributed by atoms with E-state index >= 15 is 0 Å². The van der Waals surface area contributed by atoms with Crippen LogP contribution < -0.4 is 15.5 Å². The van der Waals surface area contributed by atoms with Gasteiger partial charge < -0.3 is 34.7 Å². The first-order chi connectivity index (χ1) is 18.7. The van der Waals surface area contributed by atoms with Crippen molar-refractivity contribution >= 4 is 48.9 Å². The normalized spacial score (nSPS) is 17.4. The van der Waals surface area contributed by atoms with Crippen molar-refractivity contribution in [2.75, 3.05) is 56.2 Å². The molecule has 3 aromatic rings. The Morgan fingerprint density at radius 2 is 1.85 bits per heavy atom. The number of carbonyl (C=O) groups is 1. The SMILES string of the molecule is C[Si](C)(C)CCOCn1c(-c2ccc(NC(=O)C3(O)CCNCC3)cc2)cc2c(N3CCOCC3)ncnc21.Cl. The molecule has 218 valence electrons. The van der Waals surface area contributed by atoms with E-state index in [-0.39, 0.29) is 18.3 Å². The summed E-state index contributed by atoms with van der Waals surface area (Å²) in [6.45, 7) is 12.3. The number of amides is 1. The molecule has 0 unspecified atom stereocenters. The number of nitrogens with one attached hydrogen (secondary N) is 2. The third-order valence-electron chi connectivity index (χ3n) is 7.49. The van der Waals surface area contributed by atoms with Crippen molar-refractivity contribution in [1.29, 1.82) is 0 Å². The van der Waals surface area contributed by atoms with Crippen LogP contribution in [-0.4, -0.2) is 85.2 Å². The Bertz CT molecular complexity index is 1280. The lowest BCUT2D eigenvalue weighted by Gasteiger charge is -2.31. The molecule has 2 aliphatic rings. The summed E-state index contributed by atoms with van der Waals surface area (Å²) < 4.78 is 13.8. The van der Waals surface area contributed by atoms with Crippen LogP contribution in [0.3, 0.4) is 0 Å². The van der Waals surface area contributed by atoms with E-state index in [4.69, 9.17) is 9.47 Å². The number of anilines is 2. The molecule has 2 aromatic heterocycles. The van der Waals surface area contributed by atoms with E-state index in [9.17, 15) is 9.90 Å². The minimum Gasteiger partial charge on any atom is -0.380 e. The smallest absolute Gasteiger partial charge is 0.256 e. The Labute approximate surface area is 242 Å². The van der Waals surface area contributed by atoms with Gasteiger partial charge in [-0.3, -0.25) is 4.79 Å². The summed E-state index contributed by atoms with van der Waals surface area (Å²) in [4.78, 5) is 24.3. The minimum atomic E-state index is -1.34. The molecule has 2 fully saturated rings. The van der Waals surface area contributed by atoms with Crippen LogP contribution in [0.25, 0.3) is 22.3 Å². The van der Waals surface area contributed by atoms with E-state index in [2.05, 4.69) is 55.8 Å². The van der Waals surface area contributed by atoms with Crippen molar-refractivity contribution in [3.05, 3.63) is 36.7 Å². The van der Waals surface area contributed by atoms with Crippen LogP contribution in [-0.2, 0) is 21.0 Å². The number of halogens is 1. The predicted octanol–water partition coefficient (Wildman–Crippen LogP) is 3.72. The van der Waals surface area contributed by atoms with Crippen molar-refractivity contribution < 1.29 is 19.4 Å². The summed E-state index contributed by atoms with van der Waals surface area (Å²) in [5, 5.41) is 17.8. The number of hydrogen-bond acceptors (Lipinski definition) is 8. The number of rotatable bonds is 9. The highest BCUT2D eigenvalue weighted by molar-refractivity contribution is 6.76. The zero-order valence-corrected chi connectivity index (χ0v) is 25.4. The predicted molar refractivity (Wildman–Crippen MR) is 163 cm³/mol. The highest BCUT2D eigenvalue weighted by Crippen LogP contribution is 2.33. The molecule has 2 saturated heterocycles. The summed E-state index contributed by atoms with van der Waals surface area (Å²) in [6.07, 6.45) is 2.43. The molecule has 2 aliphatic heterocycles. The average molecular weight is 589 g/mol. The van der Waals surface area contributed by atoms with Crippen LogP contribution in [0.2, 0.25) is 25.7 Å². The molecule has 5 rings (SSSR count). The van der Waals surface area contributed by atoms with Crippen LogP contribution >= 0.6 is 12.4 Å². The molecule has 0 aliphatic carbocycles. The number of carbonyl (C=O) groups excluding carboxylic acids is 1. The first kappa shape index (κ1) is 30.4. The van der Waals surface area contributed by atoms with E-state index < -0.39 is 13.7 Å². The largest absolute Gasteiger partial charge is 0.380 e. The molecule has 4 heterocycles. The number of piperidine rings is 1. The lowest BCUT2D eigenvalue weighted by Crippen LogP contribution is -2.50. The quantitative estimate of drug-likeness (QED) is 0.256. The van der Waals surface area contributed by atoms with Gasteiger partial charge in [0, 0.05) is 33.5 Å². The number of morpholine rings is 1. The number of hydrogen-bond donors (Lipinski definition) is 3. The van der Waals surface area contributed by atoms with Gasteiger partial charge in [-0.2, -0.15) is 0 Å². The average Bonchev–Trinajstić information content (AvgIpc) is 3.30. The molecule has 40 heavy (non-hydrogen) atoms. The molecule has 0 radical (unpaired) electrons. The Morgan fingerprint density at radius 3 is 2.52 bits per heavy atom. The highest BCUT2D eigenvalue weighted by atomic mass is 35.5. The lowest BCUT2D eigenvalue weighted by atomic mass is 9.91. The number of benzene rings is 1. The molecule has 10 nitrogen and oxygen atoms in total. The lowest BCUT2D eigenvalue weighted by molar-refractivity contribution is -0.136. The molecule has 12 heteroatoms. The topological polar surface area (TPSA) is 114 Å². The molecular weight excluding hydrogens is 548 g/mol. The van der Waals surface area contributed by atoms with E-state index in [1.807, 2.05) is 24.3 Å². The molecule has 1 aromatic carbocycles. The van der Waals surface area contributed by atoms with Gasteiger partial charge in [0.15, 0.2) is 0 Å². The fourth-order valence-electron chi connectivity index (χ4n) is 5.02. The van der Waals surface area contributed by atoms with Crippen molar-refractivity contribution in [1.82, 2.24) is 19.9 Å². The number of aliphatic hydroxyl groups is 1. The third-order valence-corrected chi connectivity index (χ3v) is 9.19. The third kappa shape index (κ3) is 7.02. The maximum atomic E-state index is 12.8. The summed E-state index contributed by atoms with van der Waals surface area (Å²) in [5.74, 6) is 0.552. The Hall–Kier alpha value is -2.54. The molecule has 0 saturated carbocycles. The van der Waals surface area contributed by atoms with Crippen molar-refractivity contribution in [2.45, 2.75) is 50.9 Å². The standard InChI is InChI=1S/C28H40N6O4Si.ClH/c1-39(2,3)17-16-38-20-34-24(18-23-25(30-19-31-26(23)34)33-12-14-37-15-13-33)21-4-6-22(7-5-21)32-27(35)28(36)8-10-29-11-9-28;/h4-7,18-19,29,36H,8-17,20H2,1-3H3,(H,32,35);1H. The van der Waals surface area contributed by atoms with E-state index in [1.165, 1.54) is 0 Å². The number of ether oxygens (including phenoxy) is 2. The fraction of sp³-hybridized carbons (Fsp3) is 0.536. The summed E-state index contributed by atoms with van der Waals surface area (Å²) in [7, 11) is -1.21. The highest BCUT2D eigenvalue weighted by Gasteiger charge is 2.37. The number of fused-ring (bicyclic) bond motifs is 1. The second-order valence-electron chi connectivity index (χ2n) is 11.7. The fourth-order valence-corrected chi connectivity index (χ4v) is 5.78. The molecule has 0 spiro atoms. The summed E-state index contributed by atoms with van der Waals surface area (Å²) >= 11 is 0. The Kier molecular flexibility index (Phi) is 9.86. The van der Waals surface area contributed by atoms with Gasteiger partial charge in [0.25, 0.3) is 5.91 Å². The minimum absolute atomic E-state index is 0. The monoisotopic (exact) mass is 588 g/mol. The Balaban J connectivity index is 0.00000370. The van der Waals surface area contributed by atoms with Gasteiger partial charge in [-0.05, 0) is 55.7 Å². The second kappa shape index (κ2) is 13.0. The first-order valence-corrected chi connectivity index (χ1v) is 17.5. The summed E-state index contributed by atoms with van der Waals surface area (Å²) in [6, 6.07) is 10.9. The van der Waals surface area contributed by atoms with Gasteiger partial charge in [0.1, 0.15) is 30.1 Å². The second-order valence-corrected chi connectivity index (χ2v) is 17.3. The number of nitrogens with zero attached hydrogens (tertiary/aromatic N) is 4. The molecule has 1 amide bonds. The van der Waals surface area contributed by atoms with E-state index in [0.717, 1.165) is 47.2 Å². The maximum Gasteiger partial charge on any atom is 0.256 e. The molecule has 0 atom stereocenters. The van der Waals surface area contributed by atoms with Gasteiger partial charge >= 0.3 is 0 Å². The van der Waals surface area contributed by atoms with E-state index in [1.54, 1.807) is 6.33 Å². The maximum absolute atomic E-state index is 12.8. The van der Waals surface area contributed by atoms with Crippen LogP contribution in [0.1, 0.15) is 12.8 Å². The van der Waals surface area contributed by atoms with Crippen molar-refractivity contribution in [3.8, 4) is 11.3 Å². The molecular formula is C28H41ClN6O4Si. The van der Waals surface area contributed by atoms with Crippen LogP contribution in [0.15, 0.2) is 36.7 Å². The van der Waals surface area contributed by atoms with Crippen molar-refractivity contribution in [2.24, 2.45) is 0 Å². The Morgan fingerprint density at radius 1 is 1.15 bits per heavy atom. The number of aromatic nitrogens is 3. The molecule has 0 bridgehead atoms. The summed E-state index contributed by atoms with van der Waals surface area (Å²) in [5.41, 5.74) is 2.10. The zero-order chi connectivity index (χ0) is 27.5. The van der Waals surface area contributed by atoms with Gasteiger partial charge in [0.05, 0.1) is 24.3 Å². The van der Waals surface area contributed by atoms with Gasteiger partial charge in [-0.25, -0.2) is 9.97 Å². The van der Waals surface area contributed by atoms with Crippen LogP contribution in [0, 0.1) is 0 Å². The van der Waals surface area contributed by atoms with Crippen molar-refractivity contribution in [3.63, 3.8) is 0 Å². The molecule has 3 N–H and O–H groups in total. The van der Waals surface area contributed by atoms with Gasteiger partial charge in [0.2, 0.25) is 0 Å². The first-order valence-electron chi connectivity index (χ1n) is 13.8. The van der Waals surface area contributed by atoms with Gasteiger partial charge in [-0.1, -0.05) is 31.8 Å². The van der Waals surface area contributed by atoms with E-state index in [0.29, 0.717) is 58.2 Å². The van der Waals surface area contributed by atoms with Gasteiger partial charge in [-0.15, -0.1) is 12.4 Å². The van der Waals surface area contributed by atoms with Crippen LogP contribution in [0.5, 0.6) is 0 Å². The van der Waals surface area contributed by atoms with Crippen LogP contribution in [0.4, 0.5) is 11.5 Å². The zero-order valence-electron chi connectivity index (χ0n) is 23.6.